The summed E-state index contributed by atoms with van der Waals surface area (Å²) in [5.74, 6) is -1.25. The highest BCUT2D eigenvalue weighted by atomic mass is 32.1. The largest absolute Gasteiger partial charge is 0.486 e. The van der Waals surface area contributed by atoms with Crippen LogP contribution < -0.4 is 10.2 Å². The van der Waals surface area contributed by atoms with E-state index in [1.54, 1.807) is 53.8 Å². The van der Waals surface area contributed by atoms with Crippen molar-refractivity contribution in [3.8, 4) is 16.9 Å². The van der Waals surface area contributed by atoms with Crippen LogP contribution in [0, 0.1) is 0 Å². The van der Waals surface area contributed by atoms with Gasteiger partial charge in [0.25, 0.3) is 0 Å². The van der Waals surface area contributed by atoms with Gasteiger partial charge in [-0.25, -0.2) is 9.78 Å². The summed E-state index contributed by atoms with van der Waals surface area (Å²) in [6.45, 7) is 0.253. The number of nitrogens with zero attached hydrogens (tertiary/aromatic N) is 1. The van der Waals surface area contributed by atoms with E-state index in [0.29, 0.717) is 11.3 Å². The van der Waals surface area contributed by atoms with Crippen molar-refractivity contribution >= 4 is 38.5 Å². The van der Waals surface area contributed by atoms with Crippen LogP contribution in [0.3, 0.4) is 0 Å². The second-order valence-electron chi connectivity index (χ2n) is 6.83. The van der Waals surface area contributed by atoms with Crippen LogP contribution in [0.15, 0.2) is 82.0 Å². The van der Waals surface area contributed by atoms with Crippen molar-refractivity contribution in [1.29, 1.82) is 0 Å². The van der Waals surface area contributed by atoms with Crippen molar-refractivity contribution in [2.24, 2.45) is 0 Å². The molecule has 0 spiro atoms. The average molecular weight is 429 g/mol. The molecule has 7 heteroatoms. The molecule has 3 aromatic carbocycles. The lowest BCUT2D eigenvalue weighted by molar-refractivity contribution is 0.0664. The average Bonchev–Trinajstić information content (AvgIpc) is 3.21. The van der Waals surface area contributed by atoms with Crippen molar-refractivity contribution in [3.05, 3.63) is 93.8 Å². The quantitative estimate of drug-likeness (QED) is 0.405. The van der Waals surface area contributed by atoms with Gasteiger partial charge < -0.3 is 14.3 Å². The molecule has 2 aromatic heterocycles. The van der Waals surface area contributed by atoms with Crippen molar-refractivity contribution < 1.29 is 19.1 Å². The van der Waals surface area contributed by atoms with Gasteiger partial charge in [-0.15, -0.1) is 11.3 Å². The minimum atomic E-state index is -1.31. The number of hydrogen-bond donors (Lipinski definition) is 1. The molecule has 0 fully saturated rings. The molecule has 2 heterocycles. The third-order valence-electron chi connectivity index (χ3n) is 4.82. The smallest absolute Gasteiger partial charge is 0.372 e. The molecular formula is C24H15NO5S. The van der Waals surface area contributed by atoms with Gasteiger partial charge in [0, 0.05) is 6.07 Å². The van der Waals surface area contributed by atoms with Crippen LogP contribution in [-0.2, 0) is 6.61 Å². The van der Waals surface area contributed by atoms with E-state index in [-0.39, 0.29) is 23.1 Å². The van der Waals surface area contributed by atoms with Crippen molar-refractivity contribution in [2.45, 2.75) is 6.61 Å². The first kappa shape index (κ1) is 19.0. The zero-order chi connectivity index (χ0) is 21.4. The molecule has 6 nitrogen and oxygen atoms in total. The fraction of sp³-hybridized carbons (Fsp3) is 0.0417. The number of rotatable bonds is 5. The Morgan fingerprint density at radius 1 is 1.03 bits per heavy atom. The van der Waals surface area contributed by atoms with Gasteiger partial charge in [-0.05, 0) is 29.8 Å². The summed E-state index contributed by atoms with van der Waals surface area (Å²) in [6, 6.07) is 21.3. The molecule has 0 atom stereocenters. The third-order valence-corrected chi connectivity index (χ3v) is 5.83. The Kier molecular flexibility index (Phi) is 4.72. The summed E-state index contributed by atoms with van der Waals surface area (Å²) < 4.78 is 12.5. The molecule has 0 aliphatic heterocycles. The first-order valence-corrected chi connectivity index (χ1v) is 10.3. The predicted molar refractivity (Wildman–Crippen MR) is 119 cm³/mol. The molecule has 0 amide bonds. The minimum absolute atomic E-state index is 0.0312. The van der Waals surface area contributed by atoms with E-state index >= 15 is 0 Å². The fourth-order valence-electron chi connectivity index (χ4n) is 3.41. The Bertz CT molecular complexity index is 1450. The molecule has 0 saturated heterocycles. The Labute approximate surface area is 180 Å². The van der Waals surface area contributed by atoms with E-state index in [2.05, 4.69) is 4.98 Å². The molecule has 5 rings (SSSR count). The SMILES string of the molecule is O=C(O)c1oc2cc(OCc3nc4ccccc4s3)ccc2c(=O)c1-c1ccccc1. The zero-order valence-electron chi connectivity index (χ0n) is 16.1. The molecule has 0 saturated carbocycles. The summed E-state index contributed by atoms with van der Waals surface area (Å²) >= 11 is 1.54. The van der Waals surface area contributed by atoms with Gasteiger partial charge in [-0.2, -0.15) is 0 Å². The van der Waals surface area contributed by atoms with Crippen LogP contribution in [0.25, 0.3) is 32.3 Å². The number of aromatic carboxylic acids is 1. The molecule has 0 unspecified atom stereocenters. The number of ether oxygens (including phenoxy) is 1. The number of hydrogen-bond acceptors (Lipinski definition) is 6. The summed E-state index contributed by atoms with van der Waals surface area (Å²) in [6.07, 6.45) is 0. The molecule has 5 aromatic rings. The topological polar surface area (TPSA) is 89.6 Å². The molecule has 31 heavy (non-hydrogen) atoms. The molecule has 0 radical (unpaired) electrons. The summed E-state index contributed by atoms with van der Waals surface area (Å²) in [4.78, 5) is 29.4. The predicted octanol–water partition coefficient (Wildman–Crippen LogP) is 5.35. The van der Waals surface area contributed by atoms with Crippen LogP contribution in [0.4, 0.5) is 0 Å². The maximum absolute atomic E-state index is 13.1. The Morgan fingerprint density at radius 2 is 1.81 bits per heavy atom. The lowest BCUT2D eigenvalue weighted by atomic mass is 10.0. The maximum atomic E-state index is 13.1. The maximum Gasteiger partial charge on any atom is 0.372 e. The van der Waals surface area contributed by atoms with Gasteiger partial charge in [0.15, 0.2) is 0 Å². The van der Waals surface area contributed by atoms with Crippen LogP contribution in [-0.4, -0.2) is 16.1 Å². The van der Waals surface area contributed by atoms with E-state index < -0.39 is 17.2 Å². The van der Waals surface area contributed by atoms with Gasteiger partial charge in [0.2, 0.25) is 11.2 Å². The zero-order valence-corrected chi connectivity index (χ0v) is 16.9. The van der Waals surface area contributed by atoms with Crippen molar-refractivity contribution in [3.63, 3.8) is 0 Å². The molecule has 0 aliphatic carbocycles. The van der Waals surface area contributed by atoms with E-state index in [1.807, 2.05) is 24.3 Å². The number of benzene rings is 3. The monoisotopic (exact) mass is 429 g/mol. The number of carbonyl (C=O) groups is 1. The first-order valence-electron chi connectivity index (χ1n) is 9.47. The Balaban J connectivity index is 1.52. The number of carboxylic acid groups (broad SMARTS) is 1. The molecule has 0 bridgehead atoms. The van der Waals surface area contributed by atoms with Gasteiger partial charge in [-0.1, -0.05) is 42.5 Å². The third kappa shape index (κ3) is 3.55. The second kappa shape index (κ2) is 7.70. The molecular weight excluding hydrogens is 414 g/mol. The normalized spacial score (nSPS) is 11.1. The Morgan fingerprint density at radius 3 is 2.58 bits per heavy atom. The van der Waals surface area contributed by atoms with Crippen LogP contribution in [0.1, 0.15) is 15.6 Å². The van der Waals surface area contributed by atoms with Gasteiger partial charge >= 0.3 is 5.97 Å². The highest BCUT2D eigenvalue weighted by molar-refractivity contribution is 7.18. The fourth-order valence-corrected chi connectivity index (χ4v) is 4.29. The number of fused-ring (bicyclic) bond motifs is 2. The molecule has 0 aliphatic rings. The summed E-state index contributed by atoms with van der Waals surface area (Å²) in [5.41, 5.74) is 1.19. The van der Waals surface area contributed by atoms with Gasteiger partial charge in [-0.3, -0.25) is 4.79 Å². The molecule has 152 valence electrons. The summed E-state index contributed by atoms with van der Waals surface area (Å²) in [5, 5.41) is 10.7. The first-order chi connectivity index (χ1) is 15.1. The summed E-state index contributed by atoms with van der Waals surface area (Å²) in [7, 11) is 0. The van der Waals surface area contributed by atoms with Crippen LogP contribution >= 0.6 is 11.3 Å². The number of carboxylic acids is 1. The van der Waals surface area contributed by atoms with E-state index in [0.717, 1.165) is 15.2 Å². The van der Waals surface area contributed by atoms with Crippen LogP contribution in [0.5, 0.6) is 5.75 Å². The highest BCUT2D eigenvalue weighted by Gasteiger charge is 2.21. The number of thiazole rings is 1. The van der Waals surface area contributed by atoms with Gasteiger partial charge in [0.05, 0.1) is 21.2 Å². The second-order valence-corrected chi connectivity index (χ2v) is 7.94. The van der Waals surface area contributed by atoms with Crippen LogP contribution in [0.2, 0.25) is 0 Å². The Hall–Kier alpha value is -3.97. The molecule has 1 N–H and O–H groups in total. The standard InChI is InChI=1S/C24H15NO5S/c26-22-16-11-10-15(29-13-20-25-17-8-4-5-9-19(17)31-20)12-18(16)30-23(24(27)28)21(22)14-6-2-1-3-7-14/h1-12H,13H2,(H,27,28). The number of aromatic nitrogens is 1. The lowest BCUT2D eigenvalue weighted by Crippen LogP contribution is -2.12. The van der Waals surface area contributed by atoms with Crippen molar-refractivity contribution in [2.75, 3.05) is 0 Å². The number of para-hydroxylation sites is 1. The van der Waals surface area contributed by atoms with E-state index in [1.165, 1.54) is 6.07 Å². The minimum Gasteiger partial charge on any atom is -0.486 e. The van der Waals surface area contributed by atoms with E-state index in [4.69, 9.17) is 9.15 Å². The van der Waals surface area contributed by atoms with E-state index in [9.17, 15) is 14.7 Å². The highest BCUT2D eigenvalue weighted by Crippen LogP contribution is 2.28. The van der Waals surface area contributed by atoms with Crippen molar-refractivity contribution in [1.82, 2.24) is 4.98 Å². The van der Waals surface area contributed by atoms with Gasteiger partial charge in [0.1, 0.15) is 22.9 Å². The lowest BCUT2D eigenvalue weighted by Gasteiger charge is -2.09.